The third-order valence-corrected chi connectivity index (χ3v) is 9.41. The molecule has 220 valence electrons. The van der Waals surface area contributed by atoms with Crippen molar-refractivity contribution in [3.63, 3.8) is 0 Å². The summed E-state index contributed by atoms with van der Waals surface area (Å²) in [6, 6.07) is 9.42. The number of rotatable bonds is 7. The number of hydrogen-bond acceptors (Lipinski definition) is 6. The number of aromatic nitrogens is 3. The first-order valence-electron chi connectivity index (χ1n) is 14.5. The number of alkyl halides is 2. The number of hydrogen-bond donors (Lipinski definition) is 2. The number of anilines is 1. The monoisotopic (exact) mass is 585 g/mol. The van der Waals surface area contributed by atoms with E-state index >= 15 is 0 Å². The van der Waals surface area contributed by atoms with Gasteiger partial charge in [0.25, 0.3) is 0 Å². The van der Waals surface area contributed by atoms with Gasteiger partial charge in [-0.3, -0.25) is 20.3 Å². The summed E-state index contributed by atoms with van der Waals surface area (Å²) in [5, 5.41) is 17.5. The number of halogens is 3. The zero-order valence-corrected chi connectivity index (χ0v) is 24.5. The second-order valence-corrected chi connectivity index (χ2v) is 12.5. The third kappa shape index (κ3) is 5.19. The molecule has 0 spiro atoms. The summed E-state index contributed by atoms with van der Waals surface area (Å²) in [4.78, 5) is 9.64. The van der Waals surface area contributed by atoms with Crippen LogP contribution in [0.15, 0.2) is 30.3 Å². The summed E-state index contributed by atoms with van der Waals surface area (Å²) >= 11 is 6.17. The number of ether oxygens (including phenoxy) is 1. The number of nitrogens with one attached hydrogen (secondary N) is 2. The van der Waals surface area contributed by atoms with Gasteiger partial charge in [0.05, 0.1) is 24.7 Å². The van der Waals surface area contributed by atoms with Crippen molar-refractivity contribution >= 4 is 34.8 Å². The first-order chi connectivity index (χ1) is 19.6. The number of nitrogens with zero attached hydrogens (tertiary/aromatic N) is 5. The SMILES string of the molecule is Cc1nc2c(N3C[C@@H](C)N(C(c4ccc(Cl)cc4)C4CC(F)(F)C4)C[C@@H]3C)cc(=N)n(C=N)c2n1C[C@@H]1CCCO1. The molecule has 3 aromatic rings. The Labute approximate surface area is 243 Å². The Bertz CT molecular complexity index is 1490. The molecule has 6 rings (SSSR count). The Morgan fingerprint density at radius 1 is 1.17 bits per heavy atom. The highest BCUT2D eigenvalue weighted by Crippen LogP contribution is 2.51. The predicted octanol–water partition coefficient (Wildman–Crippen LogP) is 5.60. The van der Waals surface area contributed by atoms with Crippen molar-refractivity contribution in [2.75, 3.05) is 24.6 Å². The van der Waals surface area contributed by atoms with Crippen LogP contribution in [0.4, 0.5) is 14.5 Å². The Morgan fingerprint density at radius 3 is 2.54 bits per heavy atom. The fraction of sp³-hybridized carbons (Fsp3) is 0.567. The van der Waals surface area contributed by atoms with Gasteiger partial charge in [-0.25, -0.2) is 13.8 Å². The lowest BCUT2D eigenvalue weighted by atomic mass is 9.73. The number of piperazine rings is 1. The van der Waals surface area contributed by atoms with Gasteiger partial charge in [0.2, 0.25) is 5.92 Å². The molecule has 11 heteroatoms. The average molecular weight is 586 g/mol. The second-order valence-electron chi connectivity index (χ2n) is 12.1. The van der Waals surface area contributed by atoms with E-state index in [1.165, 1.54) is 6.34 Å². The number of imidazole rings is 1. The van der Waals surface area contributed by atoms with Crippen molar-refractivity contribution in [3.8, 4) is 0 Å². The number of aryl methyl sites for hydroxylation is 1. The Hall–Kier alpha value is -2.82. The number of benzene rings is 1. The molecule has 1 unspecified atom stereocenters. The maximum absolute atomic E-state index is 14.1. The van der Waals surface area contributed by atoms with Crippen LogP contribution < -0.4 is 10.4 Å². The van der Waals surface area contributed by atoms with E-state index in [9.17, 15) is 8.78 Å². The second kappa shape index (κ2) is 10.8. The van der Waals surface area contributed by atoms with E-state index in [0.717, 1.165) is 47.7 Å². The Kier molecular flexibility index (Phi) is 7.45. The summed E-state index contributed by atoms with van der Waals surface area (Å²) in [5.41, 5.74) is 3.60. The number of fused-ring (bicyclic) bond motifs is 1. The van der Waals surface area contributed by atoms with Gasteiger partial charge in [-0.2, -0.15) is 0 Å². The molecule has 8 nitrogen and oxygen atoms in total. The van der Waals surface area contributed by atoms with Crippen LogP contribution in [0.25, 0.3) is 11.2 Å². The van der Waals surface area contributed by atoms with Crippen molar-refractivity contribution in [3.05, 3.63) is 52.2 Å². The van der Waals surface area contributed by atoms with Crippen LogP contribution in [0.2, 0.25) is 5.02 Å². The third-order valence-electron chi connectivity index (χ3n) is 9.16. The molecule has 3 aliphatic rings. The highest BCUT2D eigenvalue weighted by Gasteiger charge is 2.51. The van der Waals surface area contributed by atoms with Crippen LogP contribution in [0.3, 0.4) is 0 Å². The van der Waals surface area contributed by atoms with Gasteiger partial charge in [0.1, 0.15) is 22.5 Å². The van der Waals surface area contributed by atoms with E-state index in [2.05, 4.69) is 28.2 Å². The van der Waals surface area contributed by atoms with Crippen molar-refractivity contribution in [1.82, 2.24) is 19.0 Å². The fourth-order valence-corrected chi connectivity index (χ4v) is 7.24. The molecule has 0 bridgehead atoms. The molecule has 2 aromatic heterocycles. The summed E-state index contributed by atoms with van der Waals surface area (Å²) in [7, 11) is 0. The first-order valence-corrected chi connectivity index (χ1v) is 14.9. The largest absolute Gasteiger partial charge is 0.376 e. The molecule has 1 aromatic carbocycles. The van der Waals surface area contributed by atoms with E-state index in [0.29, 0.717) is 24.7 Å². The van der Waals surface area contributed by atoms with Gasteiger partial charge in [0, 0.05) is 61.8 Å². The lowest BCUT2D eigenvalue weighted by Crippen LogP contribution is -2.59. The minimum atomic E-state index is -2.60. The van der Waals surface area contributed by atoms with Crippen molar-refractivity contribution in [2.45, 2.75) is 83.2 Å². The zero-order chi connectivity index (χ0) is 29.1. The zero-order valence-electron chi connectivity index (χ0n) is 23.8. The summed E-state index contributed by atoms with van der Waals surface area (Å²) < 4.78 is 37.7. The van der Waals surface area contributed by atoms with E-state index in [1.54, 1.807) is 10.6 Å². The molecular formula is C30H38ClF2N7O. The van der Waals surface area contributed by atoms with Crippen LogP contribution in [-0.4, -0.2) is 69.2 Å². The normalized spacial score (nSPS) is 25.9. The smallest absolute Gasteiger partial charge is 0.248 e. The summed E-state index contributed by atoms with van der Waals surface area (Å²) in [6.45, 7) is 9.00. The van der Waals surface area contributed by atoms with Gasteiger partial charge in [-0.05, 0) is 57.2 Å². The Balaban J connectivity index is 1.34. The van der Waals surface area contributed by atoms with Crippen LogP contribution in [0.1, 0.15) is 57.0 Å². The first kappa shape index (κ1) is 28.3. The molecule has 2 saturated heterocycles. The van der Waals surface area contributed by atoms with Crippen molar-refractivity contribution in [2.24, 2.45) is 5.92 Å². The van der Waals surface area contributed by atoms with E-state index in [-0.39, 0.29) is 48.5 Å². The van der Waals surface area contributed by atoms with Gasteiger partial charge in [0.15, 0.2) is 0 Å². The van der Waals surface area contributed by atoms with Gasteiger partial charge < -0.3 is 14.2 Å². The predicted molar refractivity (Wildman–Crippen MR) is 156 cm³/mol. The van der Waals surface area contributed by atoms with Crippen LogP contribution in [0.5, 0.6) is 0 Å². The highest BCUT2D eigenvalue weighted by molar-refractivity contribution is 6.30. The topological polar surface area (TPSA) is 86.2 Å². The molecule has 41 heavy (non-hydrogen) atoms. The van der Waals surface area contributed by atoms with Crippen LogP contribution in [-0.2, 0) is 11.3 Å². The highest BCUT2D eigenvalue weighted by atomic mass is 35.5. The minimum Gasteiger partial charge on any atom is -0.376 e. The average Bonchev–Trinajstić information content (AvgIpc) is 3.54. The van der Waals surface area contributed by atoms with Crippen LogP contribution >= 0.6 is 11.6 Å². The summed E-state index contributed by atoms with van der Waals surface area (Å²) in [6.07, 6.45) is 3.08. The molecule has 4 atom stereocenters. The van der Waals surface area contributed by atoms with Gasteiger partial charge in [-0.15, -0.1) is 0 Å². The molecule has 1 aliphatic carbocycles. The molecule has 3 fully saturated rings. The van der Waals surface area contributed by atoms with Crippen molar-refractivity contribution < 1.29 is 13.5 Å². The molecule has 0 radical (unpaired) electrons. The molecule has 1 saturated carbocycles. The van der Waals surface area contributed by atoms with Gasteiger partial charge >= 0.3 is 0 Å². The molecule has 2 N–H and O–H groups in total. The lowest BCUT2D eigenvalue weighted by molar-refractivity contribution is -0.137. The lowest BCUT2D eigenvalue weighted by Gasteiger charge is -2.52. The fourth-order valence-electron chi connectivity index (χ4n) is 7.11. The van der Waals surface area contributed by atoms with Crippen LogP contribution in [0, 0.1) is 23.7 Å². The molecular weight excluding hydrogens is 548 g/mol. The maximum atomic E-state index is 14.1. The molecule has 4 heterocycles. The summed E-state index contributed by atoms with van der Waals surface area (Å²) in [5.74, 6) is -1.90. The molecule has 2 aliphatic heterocycles. The van der Waals surface area contributed by atoms with E-state index in [4.69, 9.17) is 32.1 Å². The van der Waals surface area contributed by atoms with E-state index < -0.39 is 5.92 Å². The van der Waals surface area contributed by atoms with Crippen molar-refractivity contribution in [1.29, 1.82) is 10.8 Å². The van der Waals surface area contributed by atoms with Gasteiger partial charge in [-0.1, -0.05) is 23.7 Å². The maximum Gasteiger partial charge on any atom is 0.248 e. The quantitative estimate of drug-likeness (QED) is 0.279. The standard InChI is InChI=1S/C30H38ClF2N7O/c1-18-15-38(28(22-12-30(32,33)13-22)21-6-8-23(31)9-7-21)19(2)14-37(18)25-11-26(35)40(17-34)29-27(25)36-20(3)39(29)16-24-5-4-10-41-24/h6-9,11,17-19,22,24,28,34-35H,4-5,10,12-16H2,1-3H3/t18-,19+,24-,28?/m0/s1. The molecule has 0 amide bonds. The van der Waals surface area contributed by atoms with E-state index in [1.807, 2.05) is 31.2 Å². The Morgan fingerprint density at radius 2 is 1.90 bits per heavy atom. The minimum absolute atomic E-state index is 0.0450. The number of pyridine rings is 1.